The van der Waals surface area contributed by atoms with Crippen molar-refractivity contribution in [1.82, 2.24) is 0 Å². The van der Waals surface area contributed by atoms with Crippen LogP contribution in [-0.4, -0.2) is 0 Å². The molecule has 0 aromatic rings. The van der Waals surface area contributed by atoms with Crippen LogP contribution in [0.5, 0.6) is 0 Å². The van der Waals surface area contributed by atoms with Gasteiger partial charge in [-0.05, 0) is 38.0 Å². The fraction of sp³-hybridized carbons (Fsp3) is 0.700. The monoisotopic (exact) mass is 137 g/mol. The van der Waals surface area contributed by atoms with E-state index in [2.05, 4.69) is 19.9 Å². The Balaban J connectivity index is 2.32. The van der Waals surface area contributed by atoms with Gasteiger partial charge in [-0.3, -0.25) is 0 Å². The minimum Gasteiger partial charge on any atom is -0.0996 e. The molecule has 0 heteroatoms. The summed E-state index contributed by atoms with van der Waals surface area (Å²) in [6.45, 7) is 6.33. The first kappa shape index (κ1) is 7.84. The maximum Gasteiger partial charge on any atom is -0.0175 e. The van der Waals surface area contributed by atoms with E-state index in [1.165, 1.54) is 37.7 Å². The highest BCUT2D eigenvalue weighted by Crippen LogP contribution is 2.30. The van der Waals surface area contributed by atoms with E-state index in [0.29, 0.717) is 0 Å². The van der Waals surface area contributed by atoms with Gasteiger partial charge in [-0.25, -0.2) is 0 Å². The Morgan fingerprint density at radius 3 is 3.10 bits per heavy atom. The smallest absolute Gasteiger partial charge is 0.0175 e. The number of hydrogen-bond acceptors (Lipinski definition) is 0. The normalized spacial score (nSPS) is 26.9. The van der Waals surface area contributed by atoms with E-state index in [-0.39, 0.29) is 0 Å². The van der Waals surface area contributed by atoms with Gasteiger partial charge in [0.25, 0.3) is 0 Å². The summed E-state index contributed by atoms with van der Waals surface area (Å²) in [5.74, 6) is 0.749. The molecule has 1 atom stereocenters. The van der Waals surface area contributed by atoms with Gasteiger partial charge in [-0.2, -0.15) is 0 Å². The third kappa shape index (κ3) is 1.86. The van der Waals surface area contributed by atoms with E-state index in [0.717, 1.165) is 5.92 Å². The summed E-state index contributed by atoms with van der Waals surface area (Å²) in [4.78, 5) is 0. The highest BCUT2D eigenvalue weighted by atomic mass is 14.2. The molecular weight excluding hydrogens is 120 g/mol. The van der Waals surface area contributed by atoms with Gasteiger partial charge in [0.1, 0.15) is 0 Å². The lowest BCUT2D eigenvalue weighted by molar-refractivity contribution is 0.522. The van der Waals surface area contributed by atoms with Gasteiger partial charge in [0.05, 0.1) is 0 Å². The van der Waals surface area contributed by atoms with Crippen molar-refractivity contribution in [2.24, 2.45) is 5.92 Å². The van der Waals surface area contributed by atoms with Crippen molar-refractivity contribution in [2.75, 3.05) is 0 Å². The lowest BCUT2D eigenvalue weighted by atomic mass is 9.83. The lowest BCUT2D eigenvalue weighted by Gasteiger charge is -2.23. The van der Waals surface area contributed by atoms with E-state index in [9.17, 15) is 0 Å². The minimum absolute atomic E-state index is 0.749. The Morgan fingerprint density at radius 2 is 2.50 bits per heavy atom. The summed E-state index contributed by atoms with van der Waals surface area (Å²) in [6.07, 6.45) is 8.96. The molecule has 57 valence electrons. The van der Waals surface area contributed by atoms with Crippen molar-refractivity contribution < 1.29 is 0 Å². The molecule has 1 unspecified atom stereocenters. The average molecular weight is 137 g/mol. The molecule has 0 aromatic heterocycles. The molecular formula is C10H17. The van der Waals surface area contributed by atoms with Gasteiger partial charge < -0.3 is 0 Å². The molecule has 1 rings (SSSR count). The van der Waals surface area contributed by atoms with E-state index in [1.807, 2.05) is 0 Å². The van der Waals surface area contributed by atoms with Crippen LogP contribution in [0.2, 0.25) is 0 Å². The number of hydrogen-bond donors (Lipinski definition) is 0. The molecule has 1 radical (unpaired) electrons. The molecule has 0 aliphatic heterocycles. The van der Waals surface area contributed by atoms with Crippen molar-refractivity contribution >= 4 is 0 Å². The van der Waals surface area contributed by atoms with Gasteiger partial charge in [0.15, 0.2) is 0 Å². The van der Waals surface area contributed by atoms with Gasteiger partial charge in [-0.1, -0.05) is 25.5 Å². The van der Waals surface area contributed by atoms with Gasteiger partial charge >= 0.3 is 0 Å². The molecule has 1 aliphatic carbocycles. The van der Waals surface area contributed by atoms with E-state index < -0.39 is 0 Å². The minimum atomic E-state index is 0.749. The van der Waals surface area contributed by atoms with Crippen LogP contribution in [-0.2, 0) is 0 Å². The first-order valence-corrected chi connectivity index (χ1v) is 4.35. The topological polar surface area (TPSA) is 0 Å². The molecule has 10 heavy (non-hydrogen) atoms. The molecule has 0 N–H and O–H groups in total. The number of rotatable bonds is 2. The highest BCUT2D eigenvalue weighted by molar-refractivity contribution is 5.09. The molecule has 0 bridgehead atoms. The molecule has 1 aliphatic rings. The highest BCUT2D eigenvalue weighted by Gasteiger charge is 2.15. The van der Waals surface area contributed by atoms with Crippen LogP contribution in [0.3, 0.4) is 0 Å². The Labute approximate surface area is 64.3 Å². The largest absolute Gasteiger partial charge is 0.0996 e. The van der Waals surface area contributed by atoms with E-state index in [4.69, 9.17) is 0 Å². The zero-order chi connectivity index (χ0) is 7.40. The second-order valence-corrected chi connectivity index (χ2v) is 3.18. The Hall–Kier alpha value is -0.260. The predicted molar refractivity (Wildman–Crippen MR) is 45.7 cm³/mol. The third-order valence-corrected chi connectivity index (χ3v) is 2.28. The molecule has 0 nitrogen and oxygen atoms in total. The molecule has 0 saturated heterocycles. The Morgan fingerprint density at radius 1 is 1.70 bits per heavy atom. The fourth-order valence-corrected chi connectivity index (χ4v) is 1.63. The zero-order valence-electron chi connectivity index (χ0n) is 6.90. The fourth-order valence-electron chi connectivity index (χ4n) is 1.63. The molecule has 0 spiro atoms. The van der Waals surface area contributed by atoms with Crippen LogP contribution in [0.1, 0.15) is 39.0 Å². The van der Waals surface area contributed by atoms with Crippen LogP contribution in [0.4, 0.5) is 0 Å². The van der Waals surface area contributed by atoms with Crippen LogP contribution in [0.15, 0.2) is 12.2 Å². The first-order chi connectivity index (χ1) is 4.84. The molecule has 0 amide bonds. The van der Waals surface area contributed by atoms with Crippen molar-refractivity contribution in [3.63, 3.8) is 0 Å². The van der Waals surface area contributed by atoms with Crippen molar-refractivity contribution in [1.29, 1.82) is 0 Å². The molecule has 0 heterocycles. The lowest BCUT2D eigenvalue weighted by Crippen LogP contribution is -2.09. The predicted octanol–water partition coefficient (Wildman–Crippen LogP) is 3.35. The van der Waals surface area contributed by atoms with Crippen LogP contribution >= 0.6 is 0 Å². The summed E-state index contributed by atoms with van der Waals surface area (Å²) in [5, 5.41) is 0. The third-order valence-electron chi connectivity index (χ3n) is 2.28. The Bertz CT molecular complexity index is 111. The standard InChI is InChI=1S/C10H17/c1-3-6-10-8-5-4-7-9(10)2/h8,10H,2-7H2,1H3. The maximum absolute atomic E-state index is 4.08. The second kappa shape index (κ2) is 3.80. The first-order valence-electron chi connectivity index (χ1n) is 4.35. The maximum atomic E-state index is 4.08. The van der Waals surface area contributed by atoms with E-state index >= 15 is 0 Å². The molecule has 1 fully saturated rings. The Kier molecular flexibility index (Phi) is 2.98. The molecule has 1 saturated carbocycles. The van der Waals surface area contributed by atoms with E-state index in [1.54, 1.807) is 0 Å². The average Bonchev–Trinajstić information content (AvgIpc) is 1.94. The van der Waals surface area contributed by atoms with Crippen LogP contribution in [0.25, 0.3) is 0 Å². The summed E-state index contributed by atoms with van der Waals surface area (Å²) in [7, 11) is 0. The summed E-state index contributed by atoms with van der Waals surface area (Å²) < 4.78 is 0. The van der Waals surface area contributed by atoms with Gasteiger partial charge in [0.2, 0.25) is 0 Å². The molecule has 0 aromatic carbocycles. The van der Waals surface area contributed by atoms with Crippen LogP contribution in [0, 0.1) is 12.3 Å². The second-order valence-electron chi connectivity index (χ2n) is 3.18. The van der Waals surface area contributed by atoms with Gasteiger partial charge in [-0.15, -0.1) is 0 Å². The van der Waals surface area contributed by atoms with Crippen molar-refractivity contribution in [3.8, 4) is 0 Å². The number of allylic oxidation sites excluding steroid dienone is 1. The van der Waals surface area contributed by atoms with Crippen LogP contribution < -0.4 is 0 Å². The zero-order valence-corrected chi connectivity index (χ0v) is 6.90. The summed E-state index contributed by atoms with van der Waals surface area (Å²) >= 11 is 0. The summed E-state index contributed by atoms with van der Waals surface area (Å²) in [6, 6.07) is 0. The SMILES string of the molecule is C=C1CCC[CH]C1CCC. The summed E-state index contributed by atoms with van der Waals surface area (Å²) in [5.41, 5.74) is 1.47. The van der Waals surface area contributed by atoms with Crippen molar-refractivity contribution in [2.45, 2.75) is 39.0 Å². The van der Waals surface area contributed by atoms with Crippen molar-refractivity contribution in [3.05, 3.63) is 18.6 Å². The van der Waals surface area contributed by atoms with Gasteiger partial charge in [0, 0.05) is 0 Å². The quantitative estimate of drug-likeness (QED) is 0.512.